The van der Waals surface area contributed by atoms with E-state index >= 15 is 0 Å². The number of fused-ring (bicyclic) bond motifs is 1. The summed E-state index contributed by atoms with van der Waals surface area (Å²) in [7, 11) is 0. The van der Waals surface area contributed by atoms with E-state index in [1.165, 1.54) is 0 Å². The highest BCUT2D eigenvalue weighted by Crippen LogP contribution is 2.27. The van der Waals surface area contributed by atoms with E-state index in [0.717, 1.165) is 0 Å². The van der Waals surface area contributed by atoms with Gasteiger partial charge < -0.3 is 10.3 Å². The van der Waals surface area contributed by atoms with Gasteiger partial charge in [-0.15, -0.1) is 0 Å². The number of aromatic amines is 1. The van der Waals surface area contributed by atoms with Crippen LogP contribution in [0.2, 0.25) is 10.0 Å². The summed E-state index contributed by atoms with van der Waals surface area (Å²) >= 11 is 12.0. The lowest BCUT2D eigenvalue weighted by atomic mass is 10.3. The predicted octanol–water partition coefficient (Wildman–Crippen LogP) is 3.01. The van der Waals surface area contributed by atoms with Crippen LogP contribution in [-0.2, 0) is 0 Å². The Hall–Kier alpha value is -1.26. The molecule has 1 aromatic heterocycles. The van der Waals surface area contributed by atoms with Crippen LogP contribution in [0.5, 0.6) is 0 Å². The van der Waals surface area contributed by atoms with Gasteiger partial charge in [-0.2, -0.15) is 0 Å². The molecule has 0 spiro atoms. The normalized spacial score (nSPS) is 11.1. The second-order valence-corrected chi connectivity index (χ2v) is 4.78. The van der Waals surface area contributed by atoms with Crippen molar-refractivity contribution in [2.45, 2.75) is 19.9 Å². The van der Waals surface area contributed by atoms with Gasteiger partial charge in [0.2, 0.25) is 0 Å². The average Bonchev–Trinajstić information content (AvgIpc) is 2.68. The summed E-state index contributed by atoms with van der Waals surface area (Å²) in [4.78, 5) is 18.8. The van der Waals surface area contributed by atoms with E-state index in [0.29, 0.717) is 21.1 Å². The lowest BCUT2D eigenvalue weighted by molar-refractivity contribution is 0.0934. The highest BCUT2D eigenvalue weighted by molar-refractivity contribution is 6.39. The van der Waals surface area contributed by atoms with Crippen molar-refractivity contribution in [2.75, 3.05) is 0 Å². The zero-order valence-electron chi connectivity index (χ0n) is 9.34. The molecule has 2 aromatic rings. The molecule has 0 unspecified atom stereocenters. The number of halogens is 2. The third kappa shape index (κ3) is 2.37. The highest BCUT2D eigenvalue weighted by atomic mass is 35.5. The molecule has 0 saturated heterocycles. The molecule has 0 aliphatic rings. The number of carbonyl (C=O) groups is 1. The number of rotatable bonds is 2. The lowest BCUT2D eigenvalue weighted by Gasteiger charge is -2.04. The van der Waals surface area contributed by atoms with Gasteiger partial charge in [0.05, 0.1) is 15.6 Å². The number of hydrogen-bond acceptors (Lipinski definition) is 2. The number of hydrogen-bond donors (Lipinski definition) is 2. The number of benzene rings is 1. The Bertz CT molecular complexity index is 538. The van der Waals surface area contributed by atoms with Gasteiger partial charge in [0.1, 0.15) is 5.52 Å². The monoisotopic (exact) mass is 271 g/mol. The van der Waals surface area contributed by atoms with Crippen LogP contribution in [-0.4, -0.2) is 21.9 Å². The van der Waals surface area contributed by atoms with Crippen molar-refractivity contribution in [3.63, 3.8) is 0 Å². The molecule has 2 rings (SSSR count). The lowest BCUT2D eigenvalue weighted by Crippen LogP contribution is -2.30. The van der Waals surface area contributed by atoms with Crippen LogP contribution in [0.25, 0.3) is 11.0 Å². The van der Waals surface area contributed by atoms with Crippen molar-refractivity contribution < 1.29 is 4.79 Å². The van der Waals surface area contributed by atoms with Crippen LogP contribution in [0.15, 0.2) is 12.1 Å². The molecule has 4 nitrogen and oxygen atoms in total. The minimum absolute atomic E-state index is 0.0432. The number of aromatic nitrogens is 2. The van der Waals surface area contributed by atoms with Crippen LogP contribution < -0.4 is 5.32 Å². The molecule has 0 fully saturated rings. The standard InChI is InChI=1S/C11H11Cl2N3O/c1-5(2)14-11(17)10-15-8-6(12)3-4-7(13)9(8)16-10/h3-5H,1-2H3,(H,14,17)(H,15,16). The first-order chi connectivity index (χ1) is 7.99. The molecule has 0 radical (unpaired) electrons. The smallest absolute Gasteiger partial charge is 0.287 e. The molecule has 1 amide bonds. The molecule has 0 saturated carbocycles. The Morgan fingerprint density at radius 3 is 2.59 bits per heavy atom. The molecule has 0 aliphatic carbocycles. The van der Waals surface area contributed by atoms with E-state index in [1.807, 2.05) is 13.8 Å². The summed E-state index contributed by atoms with van der Waals surface area (Å²) in [6, 6.07) is 3.35. The average molecular weight is 272 g/mol. The maximum Gasteiger partial charge on any atom is 0.287 e. The Morgan fingerprint density at radius 2 is 2.00 bits per heavy atom. The number of nitrogens with one attached hydrogen (secondary N) is 2. The van der Waals surface area contributed by atoms with Crippen molar-refractivity contribution in [3.05, 3.63) is 28.0 Å². The molecule has 90 valence electrons. The number of nitrogens with zero attached hydrogens (tertiary/aromatic N) is 1. The number of amides is 1. The van der Waals surface area contributed by atoms with Crippen LogP contribution in [0.1, 0.15) is 24.5 Å². The van der Waals surface area contributed by atoms with Gasteiger partial charge in [-0.25, -0.2) is 4.98 Å². The van der Waals surface area contributed by atoms with Gasteiger partial charge in [0, 0.05) is 6.04 Å². The van der Waals surface area contributed by atoms with Crippen LogP contribution in [0.4, 0.5) is 0 Å². The maximum atomic E-state index is 11.8. The maximum absolute atomic E-state index is 11.8. The van der Waals surface area contributed by atoms with Gasteiger partial charge in [-0.1, -0.05) is 23.2 Å². The SMILES string of the molecule is CC(C)NC(=O)c1nc2c(Cl)ccc(Cl)c2[nH]1. The summed E-state index contributed by atoms with van der Waals surface area (Å²) in [6.45, 7) is 3.75. The summed E-state index contributed by atoms with van der Waals surface area (Å²) in [6.07, 6.45) is 0. The Morgan fingerprint density at radius 1 is 1.35 bits per heavy atom. The zero-order valence-corrected chi connectivity index (χ0v) is 10.9. The molecule has 0 atom stereocenters. The van der Waals surface area contributed by atoms with Gasteiger partial charge in [0.25, 0.3) is 5.91 Å². The first-order valence-corrected chi connectivity index (χ1v) is 5.89. The molecule has 0 bridgehead atoms. The van der Waals surface area contributed by atoms with E-state index in [-0.39, 0.29) is 17.8 Å². The number of H-pyrrole nitrogens is 1. The molecule has 1 aromatic carbocycles. The minimum Gasteiger partial charge on any atom is -0.347 e. The molecule has 2 N–H and O–H groups in total. The van der Waals surface area contributed by atoms with E-state index in [9.17, 15) is 4.79 Å². The topological polar surface area (TPSA) is 57.8 Å². The van der Waals surface area contributed by atoms with Gasteiger partial charge in [0.15, 0.2) is 5.82 Å². The third-order valence-corrected chi connectivity index (χ3v) is 2.80. The van der Waals surface area contributed by atoms with Crippen molar-refractivity contribution in [1.29, 1.82) is 0 Å². The van der Waals surface area contributed by atoms with Crippen molar-refractivity contribution in [3.8, 4) is 0 Å². The summed E-state index contributed by atoms with van der Waals surface area (Å²) < 4.78 is 0. The van der Waals surface area contributed by atoms with E-state index in [1.54, 1.807) is 12.1 Å². The molecular weight excluding hydrogens is 261 g/mol. The quantitative estimate of drug-likeness (QED) is 0.882. The zero-order chi connectivity index (χ0) is 12.6. The Balaban J connectivity index is 2.48. The van der Waals surface area contributed by atoms with Crippen LogP contribution in [0.3, 0.4) is 0 Å². The van der Waals surface area contributed by atoms with Gasteiger partial charge in [-0.05, 0) is 26.0 Å². The third-order valence-electron chi connectivity index (χ3n) is 2.18. The molecule has 0 aliphatic heterocycles. The summed E-state index contributed by atoms with van der Waals surface area (Å²) in [5, 5.41) is 3.69. The fourth-order valence-corrected chi connectivity index (χ4v) is 1.87. The van der Waals surface area contributed by atoms with Crippen molar-refractivity contribution in [1.82, 2.24) is 15.3 Å². The van der Waals surface area contributed by atoms with Crippen molar-refractivity contribution >= 4 is 40.1 Å². The Kier molecular flexibility index (Phi) is 3.26. The number of carbonyl (C=O) groups excluding carboxylic acids is 1. The molecule has 17 heavy (non-hydrogen) atoms. The van der Waals surface area contributed by atoms with Crippen molar-refractivity contribution in [2.24, 2.45) is 0 Å². The summed E-state index contributed by atoms with van der Waals surface area (Å²) in [5.74, 6) is -0.0629. The van der Waals surface area contributed by atoms with Crippen LogP contribution in [0, 0.1) is 0 Å². The van der Waals surface area contributed by atoms with Gasteiger partial charge >= 0.3 is 0 Å². The molecule has 1 heterocycles. The minimum atomic E-state index is -0.275. The number of imidazole rings is 1. The Labute approximate surface area is 108 Å². The fourth-order valence-electron chi connectivity index (χ4n) is 1.47. The first kappa shape index (κ1) is 12.2. The second-order valence-electron chi connectivity index (χ2n) is 3.97. The highest BCUT2D eigenvalue weighted by Gasteiger charge is 2.15. The van der Waals surface area contributed by atoms with E-state index in [2.05, 4.69) is 15.3 Å². The fraction of sp³-hybridized carbons (Fsp3) is 0.273. The first-order valence-electron chi connectivity index (χ1n) is 5.13. The molecular formula is C11H11Cl2N3O. The predicted molar refractivity (Wildman–Crippen MR) is 68.7 cm³/mol. The second kappa shape index (κ2) is 4.55. The molecule has 6 heteroatoms. The van der Waals surface area contributed by atoms with E-state index in [4.69, 9.17) is 23.2 Å². The van der Waals surface area contributed by atoms with Gasteiger partial charge in [-0.3, -0.25) is 4.79 Å². The van der Waals surface area contributed by atoms with E-state index < -0.39 is 0 Å². The summed E-state index contributed by atoms with van der Waals surface area (Å²) in [5.41, 5.74) is 1.08. The van der Waals surface area contributed by atoms with Crippen LogP contribution >= 0.6 is 23.2 Å². The largest absolute Gasteiger partial charge is 0.347 e.